The third kappa shape index (κ3) is 2.66. The van der Waals surface area contributed by atoms with E-state index in [0.717, 1.165) is 5.56 Å². The van der Waals surface area contributed by atoms with Crippen molar-refractivity contribution in [2.75, 3.05) is 13.6 Å². The molecule has 2 aliphatic heterocycles. The largest absolute Gasteiger partial charge is 0.454 e. The summed E-state index contributed by atoms with van der Waals surface area (Å²) < 4.78 is 48.2. The Bertz CT molecular complexity index is 864. The van der Waals surface area contributed by atoms with Gasteiger partial charge in [0, 0.05) is 12.6 Å². The Balaban J connectivity index is 1.51. The molecule has 0 spiro atoms. The molecule has 2 aromatic carbocycles. The Morgan fingerprint density at radius 2 is 1.43 bits per heavy atom. The third-order valence-corrected chi connectivity index (χ3v) is 4.96. The number of benzene rings is 2. The smallest absolute Gasteiger partial charge is 0.241 e. The number of hydrogen-bond donors (Lipinski definition) is 1. The lowest BCUT2D eigenvalue weighted by Crippen LogP contribution is -2.23. The summed E-state index contributed by atoms with van der Waals surface area (Å²) in [6.07, 6.45) is 0. The Kier molecular flexibility index (Phi) is 3.28. The van der Waals surface area contributed by atoms with E-state index in [1.807, 2.05) is 0 Å². The van der Waals surface area contributed by atoms with Gasteiger partial charge in [-0.05, 0) is 29.8 Å². The van der Waals surface area contributed by atoms with Gasteiger partial charge in [-0.3, -0.25) is 0 Å². The van der Waals surface area contributed by atoms with E-state index in [9.17, 15) is 8.42 Å². The zero-order valence-electron chi connectivity index (χ0n) is 11.9. The third-order valence-electron chi connectivity index (χ3n) is 3.56. The molecule has 7 nitrogen and oxygen atoms in total. The molecule has 0 aliphatic carbocycles. The van der Waals surface area contributed by atoms with E-state index >= 15 is 0 Å². The first kappa shape index (κ1) is 14.2. The Morgan fingerprint density at radius 1 is 0.826 bits per heavy atom. The minimum absolute atomic E-state index is 0.101. The van der Waals surface area contributed by atoms with E-state index in [2.05, 4.69) is 4.72 Å². The highest BCUT2D eigenvalue weighted by atomic mass is 32.2. The van der Waals surface area contributed by atoms with Crippen LogP contribution in [0.25, 0.3) is 0 Å². The van der Waals surface area contributed by atoms with Crippen LogP contribution in [-0.2, 0) is 16.6 Å². The second kappa shape index (κ2) is 5.32. The molecule has 2 aliphatic rings. The van der Waals surface area contributed by atoms with E-state index in [-0.39, 0.29) is 25.0 Å². The average Bonchev–Trinajstić information content (AvgIpc) is 3.20. The van der Waals surface area contributed by atoms with Crippen molar-refractivity contribution in [2.45, 2.75) is 11.4 Å². The van der Waals surface area contributed by atoms with Gasteiger partial charge in [0.15, 0.2) is 23.0 Å². The Labute approximate surface area is 132 Å². The maximum Gasteiger partial charge on any atom is 0.241 e. The van der Waals surface area contributed by atoms with E-state index in [0.29, 0.717) is 23.0 Å². The van der Waals surface area contributed by atoms with Crippen molar-refractivity contribution >= 4 is 10.0 Å². The van der Waals surface area contributed by atoms with Crippen LogP contribution in [0.5, 0.6) is 23.0 Å². The van der Waals surface area contributed by atoms with Crippen LogP contribution in [0.3, 0.4) is 0 Å². The fourth-order valence-electron chi connectivity index (χ4n) is 2.36. The monoisotopic (exact) mass is 335 g/mol. The summed E-state index contributed by atoms with van der Waals surface area (Å²) in [5.74, 6) is 2.24. The first-order valence-corrected chi connectivity index (χ1v) is 8.38. The first-order valence-electron chi connectivity index (χ1n) is 6.90. The first-order chi connectivity index (χ1) is 11.1. The highest BCUT2D eigenvalue weighted by Gasteiger charge is 2.20. The van der Waals surface area contributed by atoms with Gasteiger partial charge in [0.05, 0.1) is 4.90 Å². The van der Waals surface area contributed by atoms with Gasteiger partial charge < -0.3 is 18.9 Å². The number of rotatable bonds is 4. The number of fused-ring (bicyclic) bond motifs is 2. The van der Waals surface area contributed by atoms with Gasteiger partial charge in [0.2, 0.25) is 23.6 Å². The summed E-state index contributed by atoms with van der Waals surface area (Å²) >= 11 is 0. The van der Waals surface area contributed by atoms with Crippen LogP contribution in [0.2, 0.25) is 0 Å². The zero-order chi connectivity index (χ0) is 15.9. The molecule has 120 valence electrons. The molecule has 0 bridgehead atoms. The Hall–Kier alpha value is -2.45. The van der Waals surface area contributed by atoms with Crippen LogP contribution in [0.4, 0.5) is 0 Å². The second-order valence-corrected chi connectivity index (χ2v) is 6.79. The fraction of sp³-hybridized carbons (Fsp3) is 0.200. The molecule has 23 heavy (non-hydrogen) atoms. The molecule has 0 unspecified atom stereocenters. The molecule has 0 fully saturated rings. The minimum Gasteiger partial charge on any atom is -0.454 e. The van der Waals surface area contributed by atoms with Crippen molar-refractivity contribution in [3.05, 3.63) is 42.0 Å². The quantitative estimate of drug-likeness (QED) is 0.914. The lowest BCUT2D eigenvalue weighted by Gasteiger charge is -2.08. The molecular formula is C15H13NO6S. The summed E-state index contributed by atoms with van der Waals surface area (Å²) in [5.41, 5.74) is 0.776. The molecule has 2 aromatic rings. The topological polar surface area (TPSA) is 83.1 Å². The molecule has 0 aromatic heterocycles. The number of ether oxygens (including phenoxy) is 4. The lowest BCUT2D eigenvalue weighted by atomic mass is 10.2. The van der Waals surface area contributed by atoms with Gasteiger partial charge in [-0.15, -0.1) is 0 Å². The minimum atomic E-state index is -3.65. The molecule has 0 atom stereocenters. The Morgan fingerprint density at radius 3 is 2.17 bits per heavy atom. The molecular weight excluding hydrogens is 322 g/mol. The molecule has 0 saturated heterocycles. The van der Waals surface area contributed by atoms with Crippen molar-refractivity contribution in [1.82, 2.24) is 4.72 Å². The van der Waals surface area contributed by atoms with Crippen LogP contribution in [-0.4, -0.2) is 22.0 Å². The van der Waals surface area contributed by atoms with Crippen molar-refractivity contribution in [3.8, 4) is 23.0 Å². The van der Waals surface area contributed by atoms with Gasteiger partial charge in [-0.2, -0.15) is 0 Å². The summed E-state index contributed by atoms with van der Waals surface area (Å²) in [6.45, 7) is 0.429. The molecule has 0 radical (unpaired) electrons. The highest BCUT2D eigenvalue weighted by Crippen LogP contribution is 2.34. The van der Waals surface area contributed by atoms with Crippen LogP contribution in [0.15, 0.2) is 41.3 Å². The van der Waals surface area contributed by atoms with Gasteiger partial charge in [-0.25, -0.2) is 13.1 Å². The van der Waals surface area contributed by atoms with Gasteiger partial charge in [0.25, 0.3) is 0 Å². The highest BCUT2D eigenvalue weighted by molar-refractivity contribution is 7.89. The predicted octanol–water partition coefficient (Wildman–Crippen LogP) is 1.62. The molecule has 0 saturated carbocycles. The van der Waals surface area contributed by atoms with Crippen LogP contribution < -0.4 is 23.7 Å². The molecule has 0 amide bonds. The SMILES string of the molecule is O=S(=O)(NCc1ccc2c(c1)OCO2)c1ccc2c(c1)OCO2. The molecule has 8 heteroatoms. The van der Waals surface area contributed by atoms with Crippen LogP contribution >= 0.6 is 0 Å². The van der Waals surface area contributed by atoms with E-state index in [1.54, 1.807) is 24.3 Å². The van der Waals surface area contributed by atoms with E-state index < -0.39 is 10.0 Å². The van der Waals surface area contributed by atoms with Crippen molar-refractivity contribution in [2.24, 2.45) is 0 Å². The zero-order valence-corrected chi connectivity index (χ0v) is 12.8. The lowest BCUT2D eigenvalue weighted by molar-refractivity contribution is 0.173. The van der Waals surface area contributed by atoms with Crippen molar-refractivity contribution < 1.29 is 27.4 Å². The van der Waals surface area contributed by atoms with E-state index in [4.69, 9.17) is 18.9 Å². The molecule has 1 N–H and O–H groups in total. The number of nitrogens with one attached hydrogen (secondary N) is 1. The maximum absolute atomic E-state index is 12.4. The van der Waals surface area contributed by atoms with Gasteiger partial charge in [0.1, 0.15) is 0 Å². The van der Waals surface area contributed by atoms with Crippen molar-refractivity contribution in [3.63, 3.8) is 0 Å². The van der Waals surface area contributed by atoms with Crippen molar-refractivity contribution in [1.29, 1.82) is 0 Å². The predicted molar refractivity (Wildman–Crippen MR) is 79.2 cm³/mol. The van der Waals surface area contributed by atoms with Gasteiger partial charge >= 0.3 is 0 Å². The van der Waals surface area contributed by atoms with Gasteiger partial charge in [-0.1, -0.05) is 6.07 Å². The second-order valence-electron chi connectivity index (χ2n) is 5.03. The maximum atomic E-state index is 12.4. The number of sulfonamides is 1. The van der Waals surface area contributed by atoms with E-state index in [1.165, 1.54) is 12.1 Å². The average molecular weight is 335 g/mol. The summed E-state index contributed by atoms with van der Waals surface area (Å²) in [4.78, 5) is 0.127. The van der Waals surface area contributed by atoms with Crippen LogP contribution in [0, 0.1) is 0 Å². The summed E-state index contributed by atoms with van der Waals surface area (Å²) in [6, 6.07) is 9.81. The summed E-state index contributed by atoms with van der Waals surface area (Å²) in [7, 11) is -3.65. The molecule has 4 rings (SSSR count). The number of hydrogen-bond acceptors (Lipinski definition) is 6. The standard InChI is InChI=1S/C15H13NO6S/c17-23(18,11-2-4-13-15(6-11)22-9-20-13)16-7-10-1-3-12-14(5-10)21-8-19-12/h1-6,16H,7-9H2. The summed E-state index contributed by atoms with van der Waals surface area (Å²) in [5, 5.41) is 0. The normalized spacial score (nSPS) is 15.0. The molecule has 2 heterocycles. The van der Waals surface area contributed by atoms with Crippen LogP contribution in [0.1, 0.15) is 5.56 Å². The fourth-order valence-corrected chi connectivity index (χ4v) is 3.39.